The standard InChI is InChI=1S/C18H25NO3S3/c1-14-4-6-17(7-5-14)25(21,22)19-15(2)12-18(13-16(19)8-9-20)23-10-3-11-24-18/h4-7,9,15-16H,3,8,10-13H2,1-2H3/t15-,16-/m1/s1. The molecule has 0 N–H and O–H groups in total. The number of rotatable bonds is 4. The fourth-order valence-corrected chi connectivity index (χ4v) is 9.35. The summed E-state index contributed by atoms with van der Waals surface area (Å²) in [5.41, 5.74) is 1.03. The van der Waals surface area contributed by atoms with Crippen LogP contribution in [0.3, 0.4) is 0 Å². The molecule has 7 heteroatoms. The lowest BCUT2D eigenvalue weighted by molar-refractivity contribution is -0.108. The summed E-state index contributed by atoms with van der Waals surface area (Å²) in [6.45, 7) is 3.93. The Kier molecular flexibility index (Phi) is 5.88. The quantitative estimate of drug-likeness (QED) is 0.723. The zero-order valence-corrected chi connectivity index (χ0v) is 17.1. The average Bonchev–Trinajstić information content (AvgIpc) is 2.55. The van der Waals surface area contributed by atoms with Gasteiger partial charge >= 0.3 is 0 Å². The lowest BCUT2D eigenvalue weighted by Crippen LogP contribution is -2.55. The van der Waals surface area contributed by atoms with Gasteiger partial charge in [-0.3, -0.25) is 0 Å². The van der Waals surface area contributed by atoms with Crippen LogP contribution in [-0.2, 0) is 14.8 Å². The van der Waals surface area contributed by atoms with E-state index in [-0.39, 0.29) is 22.6 Å². The number of aldehydes is 1. The predicted molar refractivity (Wildman–Crippen MR) is 106 cm³/mol. The van der Waals surface area contributed by atoms with Crippen molar-refractivity contribution in [2.45, 2.75) is 60.6 Å². The van der Waals surface area contributed by atoms with Crippen molar-refractivity contribution >= 4 is 39.8 Å². The Labute approximate surface area is 159 Å². The molecule has 0 amide bonds. The number of hydrogen-bond donors (Lipinski definition) is 0. The molecule has 2 fully saturated rings. The van der Waals surface area contributed by atoms with Crippen molar-refractivity contribution in [3.05, 3.63) is 29.8 Å². The molecular weight excluding hydrogens is 374 g/mol. The fraction of sp³-hybridized carbons (Fsp3) is 0.611. The van der Waals surface area contributed by atoms with E-state index in [2.05, 4.69) is 0 Å². The molecule has 0 aliphatic carbocycles. The van der Waals surface area contributed by atoms with Crippen LogP contribution in [0.25, 0.3) is 0 Å². The van der Waals surface area contributed by atoms with Gasteiger partial charge < -0.3 is 4.79 Å². The van der Waals surface area contributed by atoms with Crippen LogP contribution in [0.2, 0.25) is 0 Å². The van der Waals surface area contributed by atoms with Gasteiger partial charge in [0.15, 0.2) is 0 Å². The minimum absolute atomic E-state index is 0.0602. The maximum Gasteiger partial charge on any atom is 0.243 e. The first kappa shape index (κ1) is 19.3. The molecule has 3 rings (SSSR count). The van der Waals surface area contributed by atoms with Crippen LogP contribution in [-0.4, -0.2) is 46.7 Å². The SMILES string of the molecule is Cc1ccc(S(=O)(=O)N2[C@H](CC=O)CC3(C[C@H]2C)SCCCS3)cc1. The smallest absolute Gasteiger partial charge is 0.243 e. The Bertz CT molecular complexity index is 712. The third-order valence-corrected chi connectivity index (χ3v) is 10.4. The highest BCUT2D eigenvalue weighted by molar-refractivity contribution is 8.18. The Morgan fingerprint density at radius 2 is 1.84 bits per heavy atom. The summed E-state index contributed by atoms with van der Waals surface area (Å²) in [6.07, 6.45) is 3.92. The summed E-state index contributed by atoms with van der Waals surface area (Å²) < 4.78 is 28.2. The van der Waals surface area contributed by atoms with Crippen molar-refractivity contribution in [1.29, 1.82) is 0 Å². The Morgan fingerprint density at radius 3 is 2.44 bits per heavy atom. The average molecular weight is 400 g/mol. The van der Waals surface area contributed by atoms with Gasteiger partial charge in [0.2, 0.25) is 10.0 Å². The molecule has 0 aromatic heterocycles. The van der Waals surface area contributed by atoms with Crippen molar-refractivity contribution in [1.82, 2.24) is 4.31 Å². The molecule has 0 radical (unpaired) electrons. The minimum Gasteiger partial charge on any atom is -0.303 e. The molecule has 1 aromatic rings. The number of hydrogen-bond acceptors (Lipinski definition) is 5. The van der Waals surface area contributed by atoms with Gasteiger partial charge in [-0.05, 0) is 56.7 Å². The monoisotopic (exact) mass is 399 g/mol. The Hall–Kier alpha value is -0.500. The molecular formula is C18H25NO3S3. The van der Waals surface area contributed by atoms with Gasteiger partial charge in [0, 0.05) is 18.5 Å². The van der Waals surface area contributed by atoms with E-state index in [0.29, 0.717) is 4.90 Å². The van der Waals surface area contributed by atoms with Gasteiger partial charge in [0.25, 0.3) is 0 Å². The second kappa shape index (κ2) is 7.62. The predicted octanol–water partition coefficient (Wildman–Crippen LogP) is 3.69. The molecule has 1 aromatic carbocycles. The topological polar surface area (TPSA) is 54.5 Å². The maximum atomic E-state index is 13.3. The van der Waals surface area contributed by atoms with Gasteiger partial charge in [-0.1, -0.05) is 17.7 Å². The summed E-state index contributed by atoms with van der Waals surface area (Å²) in [5, 5.41) is 0. The van der Waals surface area contributed by atoms with Crippen molar-refractivity contribution < 1.29 is 13.2 Å². The van der Waals surface area contributed by atoms with Crippen LogP contribution in [0.5, 0.6) is 0 Å². The second-order valence-corrected chi connectivity index (χ2v) is 12.0. The number of aryl methyl sites for hydroxylation is 1. The molecule has 1 spiro atoms. The molecule has 2 heterocycles. The van der Waals surface area contributed by atoms with E-state index in [1.165, 1.54) is 6.42 Å². The van der Waals surface area contributed by atoms with Crippen LogP contribution in [0.1, 0.15) is 38.2 Å². The van der Waals surface area contributed by atoms with E-state index in [4.69, 9.17) is 0 Å². The Balaban J connectivity index is 1.93. The van der Waals surface area contributed by atoms with Crippen molar-refractivity contribution in [3.63, 3.8) is 0 Å². The minimum atomic E-state index is -3.60. The summed E-state index contributed by atoms with van der Waals surface area (Å²) in [5.74, 6) is 2.25. The molecule has 0 unspecified atom stereocenters. The van der Waals surface area contributed by atoms with Crippen LogP contribution >= 0.6 is 23.5 Å². The second-order valence-electron chi connectivity index (χ2n) is 6.92. The van der Waals surface area contributed by atoms with Crippen LogP contribution < -0.4 is 0 Å². The van der Waals surface area contributed by atoms with E-state index in [1.54, 1.807) is 16.4 Å². The summed E-state index contributed by atoms with van der Waals surface area (Å²) in [6, 6.07) is 6.62. The number of sulfonamides is 1. The Morgan fingerprint density at radius 1 is 1.20 bits per heavy atom. The molecule has 138 valence electrons. The highest BCUT2D eigenvalue weighted by Crippen LogP contribution is 2.53. The van der Waals surface area contributed by atoms with E-state index in [1.807, 2.05) is 49.5 Å². The normalized spacial score (nSPS) is 27.3. The molecule has 0 saturated carbocycles. The first-order valence-corrected chi connectivity index (χ1v) is 12.1. The molecule has 2 saturated heterocycles. The summed E-state index contributed by atoms with van der Waals surface area (Å²) in [7, 11) is -3.60. The largest absolute Gasteiger partial charge is 0.303 e. The molecule has 2 atom stereocenters. The van der Waals surface area contributed by atoms with Gasteiger partial charge in [-0.25, -0.2) is 8.42 Å². The molecule has 2 aliphatic heterocycles. The molecule has 25 heavy (non-hydrogen) atoms. The molecule has 4 nitrogen and oxygen atoms in total. The van der Waals surface area contributed by atoms with Gasteiger partial charge in [-0.2, -0.15) is 4.31 Å². The van der Waals surface area contributed by atoms with E-state index >= 15 is 0 Å². The van der Waals surface area contributed by atoms with E-state index < -0.39 is 10.0 Å². The first-order chi connectivity index (χ1) is 11.9. The highest BCUT2D eigenvalue weighted by Gasteiger charge is 2.48. The number of nitrogens with zero attached hydrogens (tertiary/aromatic N) is 1. The lowest BCUT2D eigenvalue weighted by atomic mass is 9.96. The summed E-state index contributed by atoms with van der Waals surface area (Å²) >= 11 is 3.91. The van der Waals surface area contributed by atoms with Gasteiger partial charge in [-0.15, -0.1) is 23.5 Å². The number of thioether (sulfide) groups is 2. The molecule has 2 aliphatic rings. The van der Waals surface area contributed by atoms with Crippen LogP contribution in [0.15, 0.2) is 29.2 Å². The zero-order valence-electron chi connectivity index (χ0n) is 14.7. The zero-order chi connectivity index (χ0) is 18.1. The number of carbonyl (C=O) groups excluding carboxylic acids is 1. The fourth-order valence-electron chi connectivity index (χ4n) is 3.85. The van der Waals surface area contributed by atoms with Crippen LogP contribution in [0, 0.1) is 6.92 Å². The highest BCUT2D eigenvalue weighted by atomic mass is 32.2. The number of piperidine rings is 1. The van der Waals surface area contributed by atoms with Crippen LogP contribution in [0.4, 0.5) is 0 Å². The molecule has 0 bridgehead atoms. The van der Waals surface area contributed by atoms with E-state index in [9.17, 15) is 13.2 Å². The summed E-state index contributed by atoms with van der Waals surface area (Å²) in [4.78, 5) is 11.6. The third kappa shape index (κ3) is 3.94. The van der Waals surface area contributed by atoms with Crippen molar-refractivity contribution in [2.75, 3.05) is 11.5 Å². The van der Waals surface area contributed by atoms with Crippen molar-refractivity contribution in [3.8, 4) is 0 Å². The first-order valence-electron chi connectivity index (χ1n) is 8.70. The number of carbonyl (C=O) groups is 1. The maximum absolute atomic E-state index is 13.3. The van der Waals surface area contributed by atoms with Gasteiger partial charge in [0.1, 0.15) is 6.29 Å². The lowest BCUT2D eigenvalue weighted by Gasteiger charge is -2.49. The van der Waals surface area contributed by atoms with E-state index in [0.717, 1.165) is 36.2 Å². The number of benzene rings is 1. The van der Waals surface area contributed by atoms with Crippen molar-refractivity contribution in [2.24, 2.45) is 0 Å². The van der Waals surface area contributed by atoms with Gasteiger partial charge in [0.05, 0.1) is 8.97 Å². The third-order valence-electron chi connectivity index (χ3n) is 4.93.